The first-order valence-corrected chi connectivity index (χ1v) is 10.9. The average Bonchev–Trinajstić information content (AvgIpc) is 3.19. The fraction of sp³-hybridized carbons (Fsp3) is 0.300. The van der Waals surface area contributed by atoms with Crippen molar-refractivity contribution in [2.24, 2.45) is 0 Å². The fourth-order valence-electron chi connectivity index (χ4n) is 3.44. The molecule has 1 amide bonds. The Bertz CT molecular complexity index is 1120. The van der Waals surface area contributed by atoms with E-state index < -0.39 is 15.9 Å². The van der Waals surface area contributed by atoms with Crippen LogP contribution in [0.5, 0.6) is 5.75 Å². The second-order valence-corrected chi connectivity index (χ2v) is 8.78. The minimum absolute atomic E-state index is 0.0506. The first-order valence-electron chi connectivity index (χ1n) is 9.42. The van der Waals surface area contributed by atoms with E-state index in [4.69, 9.17) is 4.74 Å². The largest absolute Gasteiger partial charge is 0.495 e. The van der Waals surface area contributed by atoms with Gasteiger partial charge in [-0.15, -0.1) is 0 Å². The molecular weight excluding hydrogens is 392 g/mol. The zero-order chi connectivity index (χ0) is 20.4. The first kappa shape index (κ1) is 19.4. The normalized spacial score (nSPS) is 15.3. The van der Waals surface area contributed by atoms with Crippen molar-refractivity contribution >= 4 is 27.3 Å². The highest BCUT2D eigenvalue weighted by atomic mass is 32.2. The quantitative estimate of drug-likeness (QED) is 0.693. The van der Waals surface area contributed by atoms with Crippen LogP contribution < -0.4 is 10.1 Å². The Labute approximate surface area is 169 Å². The number of rotatable bonds is 5. The molecule has 1 saturated heterocycles. The van der Waals surface area contributed by atoms with Crippen molar-refractivity contribution in [2.75, 3.05) is 25.5 Å². The molecule has 0 spiro atoms. The summed E-state index contributed by atoms with van der Waals surface area (Å²) in [5.41, 5.74) is 1.26. The number of carbonyl (C=O) groups excluding carboxylic acids is 1. The van der Waals surface area contributed by atoms with Crippen molar-refractivity contribution in [3.8, 4) is 5.75 Å². The zero-order valence-corrected chi connectivity index (χ0v) is 16.9. The number of benzene rings is 1. The summed E-state index contributed by atoms with van der Waals surface area (Å²) in [5, 5.41) is 2.73. The molecule has 29 heavy (non-hydrogen) atoms. The van der Waals surface area contributed by atoms with E-state index in [9.17, 15) is 13.2 Å². The molecule has 9 heteroatoms. The monoisotopic (exact) mass is 414 g/mol. The van der Waals surface area contributed by atoms with E-state index in [2.05, 4.69) is 10.3 Å². The van der Waals surface area contributed by atoms with Gasteiger partial charge in [0.1, 0.15) is 22.0 Å². The number of nitrogens with one attached hydrogen (secondary N) is 1. The molecule has 0 atom stereocenters. The van der Waals surface area contributed by atoms with Crippen LogP contribution >= 0.6 is 0 Å². The highest BCUT2D eigenvalue weighted by Crippen LogP contribution is 2.31. The molecule has 0 radical (unpaired) electrons. The first-order chi connectivity index (χ1) is 14.0. The molecule has 0 bridgehead atoms. The molecule has 8 nitrogen and oxygen atoms in total. The highest BCUT2D eigenvalue weighted by molar-refractivity contribution is 7.89. The second kappa shape index (κ2) is 7.84. The molecule has 1 aliphatic heterocycles. The summed E-state index contributed by atoms with van der Waals surface area (Å²) < 4.78 is 34.7. The van der Waals surface area contributed by atoms with Gasteiger partial charge in [-0.3, -0.25) is 4.79 Å². The van der Waals surface area contributed by atoms with Gasteiger partial charge >= 0.3 is 0 Å². The van der Waals surface area contributed by atoms with Crippen molar-refractivity contribution in [1.29, 1.82) is 0 Å². The zero-order valence-electron chi connectivity index (χ0n) is 16.0. The van der Waals surface area contributed by atoms with E-state index in [-0.39, 0.29) is 16.3 Å². The summed E-state index contributed by atoms with van der Waals surface area (Å²) in [6, 6.07) is 10.1. The van der Waals surface area contributed by atoms with Gasteiger partial charge in [0.2, 0.25) is 10.0 Å². The SMILES string of the molecule is COc1ccc(NC(=O)c2cn3ccccc3n2)cc1S(=O)(=O)N1CCCCC1. The number of hydrogen-bond acceptors (Lipinski definition) is 5. The number of fused-ring (bicyclic) bond motifs is 1. The lowest BCUT2D eigenvalue weighted by Crippen LogP contribution is -2.35. The predicted octanol–water partition coefficient (Wildman–Crippen LogP) is 2.77. The number of pyridine rings is 1. The van der Waals surface area contributed by atoms with E-state index in [0.29, 0.717) is 24.4 Å². The average molecular weight is 414 g/mol. The number of imidazole rings is 1. The van der Waals surface area contributed by atoms with Gasteiger partial charge in [-0.1, -0.05) is 12.5 Å². The Hall–Kier alpha value is -2.91. The van der Waals surface area contributed by atoms with Crippen LogP contribution in [0.15, 0.2) is 53.7 Å². The highest BCUT2D eigenvalue weighted by Gasteiger charge is 2.29. The lowest BCUT2D eigenvalue weighted by atomic mass is 10.2. The Morgan fingerprint density at radius 3 is 2.66 bits per heavy atom. The van der Waals surface area contributed by atoms with Gasteiger partial charge < -0.3 is 14.5 Å². The van der Waals surface area contributed by atoms with Gasteiger partial charge in [-0.05, 0) is 43.2 Å². The maximum Gasteiger partial charge on any atom is 0.275 e. The number of amides is 1. The molecule has 4 rings (SSSR count). The third-order valence-corrected chi connectivity index (χ3v) is 6.87. The summed E-state index contributed by atoms with van der Waals surface area (Å²) in [7, 11) is -2.28. The predicted molar refractivity (Wildman–Crippen MR) is 109 cm³/mol. The summed E-state index contributed by atoms with van der Waals surface area (Å²) >= 11 is 0. The fourth-order valence-corrected chi connectivity index (χ4v) is 5.14. The molecule has 1 aromatic carbocycles. The van der Waals surface area contributed by atoms with Crippen LogP contribution in [-0.4, -0.2) is 48.2 Å². The third kappa shape index (κ3) is 3.83. The lowest BCUT2D eigenvalue weighted by molar-refractivity contribution is 0.102. The molecule has 1 aliphatic rings. The molecule has 0 unspecified atom stereocenters. The molecule has 3 heterocycles. The molecule has 1 fully saturated rings. The maximum absolute atomic E-state index is 13.1. The number of piperidine rings is 1. The summed E-state index contributed by atoms with van der Waals surface area (Å²) in [4.78, 5) is 17.0. The summed E-state index contributed by atoms with van der Waals surface area (Å²) in [6.07, 6.45) is 6.13. The van der Waals surface area contributed by atoms with Crippen LogP contribution in [0, 0.1) is 0 Å². The van der Waals surface area contributed by atoms with Crippen molar-refractivity contribution < 1.29 is 17.9 Å². The van der Waals surface area contributed by atoms with Crippen LogP contribution in [0.2, 0.25) is 0 Å². The van der Waals surface area contributed by atoms with Crippen LogP contribution in [0.4, 0.5) is 5.69 Å². The van der Waals surface area contributed by atoms with E-state index >= 15 is 0 Å². The van der Waals surface area contributed by atoms with Crippen LogP contribution in [0.3, 0.4) is 0 Å². The molecule has 2 aromatic heterocycles. The van der Waals surface area contributed by atoms with Gasteiger partial charge in [-0.25, -0.2) is 13.4 Å². The molecule has 3 aromatic rings. The lowest BCUT2D eigenvalue weighted by Gasteiger charge is -2.26. The number of carbonyl (C=O) groups is 1. The Kier molecular flexibility index (Phi) is 5.25. The number of anilines is 1. The van der Waals surface area contributed by atoms with Gasteiger partial charge in [0.15, 0.2) is 0 Å². The molecule has 1 N–H and O–H groups in total. The standard InChI is InChI=1S/C20H22N4O4S/c1-28-17-9-8-15(13-18(17)29(26,27)24-11-4-2-5-12-24)21-20(25)16-14-23-10-6-3-7-19(23)22-16/h3,6-10,13-14H,2,4-5,11-12H2,1H3,(H,21,25). The molecule has 0 saturated carbocycles. The number of methoxy groups -OCH3 is 1. The Morgan fingerprint density at radius 2 is 1.93 bits per heavy atom. The molecule has 152 valence electrons. The Morgan fingerprint density at radius 1 is 1.14 bits per heavy atom. The second-order valence-electron chi connectivity index (χ2n) is 6.88. The number of sulfonamides is 1. The van der Waals surface area contributed by atoms with Crippen LogP contribution in [0.1, 0.15) is 29.8 Å². The third-order valence-electron chi connectivity index (χ3n) is 4.95. The van der Waals surface area contributed by atoms with Crippen LogP contribution in [-0.2, 0) is 10.0 Å². The van der Waals surface area contributed by atoms with Gasteiger partial charge in [0, 0.05) is 31.2 Å². The van der Waals surface area contributed by atoms with E-state index in [0.717, 1.165) is 19.3 Å². The van der Waals surface area contributed by atoms with Gasteiger partial charge in [0.05, 0.1) is 7.11 Å². The number of aromatic nitrogens is 2. The van der Waals surface area contributed by atoms with Crippen molar-refractivity contribution in [3.05, 3.63) is 54.5 Å². The van der Waals surface area contributed by atoms with Crippen molar-refractivity contribution in [3.63, 3.8) is 0 Å². The van der Waals surface area contributed by atoms with Gasteiger partial charge in [-0.2, -0.15) is 4.31 Å². The molecular formula is C20H22N4O4S. The van der Waals surface area contributed by atoms with Crippen LogP contribution in [0.25, 0.3) is 5.65 Å². The van der Waals surface area contributed by atoms with E-state index in [1.54, 1.807) is 35.0 Å². The topological polar surface area (TPSA) is 93.0 Å². The summed E-state index contributed by atoms with van der Waals surface area (Å²) in [5.74, 6) is -0.165. The minimum atomic E-state index is -3.71. The number of nitrogens with zero attached hydrogens (tertiary/aromatic N) is 3. The van der Waals surface area contributed by atoms with Crippen molar-refractivity contribution in [2.45, 2.75) is 24.2 Å². The minimum Gasteiger partial charge on any atom is -0.495 e. The smallest absolute Gasteiger partial charge is 0.275 e. The maximum atomic E-state index is 13.1. The van der Waals surface area contributed by atoms with E-state index in [1.807, 2.05) is 12.1 Å². The van der Waals surface area contributed by atoms with Gasteiger partial charge in [0.25, 0.3) is 5.91 Å². The molecule has 0 aliphatic carbocycles. The van der Waals surface area contributed by atoms with E-state index in [1.165, 1.54) is 17.5 Å². The Balaban J connectivity index is 1.63. The summed E-state index contributed by atoms with van der Waals surface area (Å²) in [6.45, 7) is 0.979. The van der Waals surface area contributed by atoms with Crippen molar-refractivity contribution in [1.82, 2.24) is 13.7 Å². The number of hydrogen-bond donors (Lipinski definition) is 1. The number of ether oxygens (including phenoxy) is 1.